The number of aryl methyl sites for hydroxylation is 1. The largest absolute Gasteiger partial charge is 0.378 e. The van der Waals surface area contributed by atoms with Gasteiger partial charge >= 0.3 is 0 Å². The Labute approximate surface area is 172 Å². The van der Waals surface area contributed by atoms with E-state index in [4.69, 9.17) is 4.99 Å². The molecule has 0 unspecified atom stereocenters. The fourth-order valence-electron chi connectivity index (χ4n) is 3.15. The minimum Gasteiger partial charge on any atom is -0.378 e. The lowest BCUT2D eigenvalue weighted by molar-refractivity contribution is 0.372. The van der Waals surface area contributed by atoms with E-state index in [2.05, 4.69) is 81.6 Å². The minimum absolute atomic E-state index is 0.681. The Morgan fingerprint density at radius 3 is 2.64 bits per heavy atom. The van der Waals surface area contributed by atoms with Crippen LogP contribution in [0, 0.1) is 0 Å². The van der Waals surface area contributed by atoms with Gasteiger partial charge < -0.3 is 20.0 Å². The Morgan fingerprint density at radius 1 is 1.21 bits per heavy atom. The van der Waals surface area contributed by atoms with Gasteiger partial charge in [0.25, 0.3) is 0 Å². The molecule has 1 aliphatic rings. The number of rotatable bonds is 6. The molecule has 7 nitrogen and oxygen atoms in total. The number of hydrogen-bond acceptors (Lipinski definition) is 6. The van der Waals surface area contributed by atoms with Gasteiger partial charge in [0.2, 0.25) is 5.13 Å². The summed E-state index contributed by atoms with van der Waals surface area (Å²) < 4.78 is 4.41. The maximum absolute atomic E-state index is 4.89. The number of guanidine groups is 1. The van der Waals surface area contributed by atoms with Crippen LogP contribution in [-0.4, -0.2) is 67.0 Å². The van der Waals surface area contributed by atoms with Gasteiger partial charge in [0.1, 0.15) is 5.82 Å². The van der Waals surface area contributed by atoms with Crippen molar-refractivity contribution < 1.29 is 0 Å². The van der Waals surface area contributed by atoms with Gasteiger partial charge in [-0.25, -0.2) is 9.98 Å². The van der Waals surface area contributed by atoms with Crippen LogP contribution in [-0.2, 0) is 13.0 Å². The Kier molecular flexibility index (Phi) is 7.08. The average molecular weight is 402 g/mol. The smallest absolute Gasteiger partial charge is 0.205 e. The van der Waals surface area contributed by atoms with Gasteiger partial charge in [-0.2, -0.15) is 4.37 Å². The van der Waals surface area contributed by atoms with Gasteiger partial charge in [0, 0.05) is 70.5 Å². The fourth-order valence-corrected chi connectivity index (χ4v) is 3.95. The number of aromatic nitrogens is 2. The van der Waals surface area contributed by atoms with Crippen molar-refractivity contribution in [1.29, 1.82) is 0 Å². The van der Waals surface area contributed by atoms with E-state index in [-0.39, 0.29) is 0 Å². The number of hydrogen-bond donors (Lipinski definition) is 1. The Bertz CT molecular complexity index is 778. The van der Waals surface area contributed by atoms with Crippen LogP contribution in [0.5, 0.6) is 0 Å². The summed E-state index contributed by atoms with van der Waals surface area (Å²) in [4.78, 5) is 16.3. The molecule has 0 saturated carbocycles. The molecule has 1 aliphatic heterocycles. The lowest BCUT2D eigenvalue weighted by Gasteiger charge is -2.36. The van der Waals surface area contributed by atoms with E-state index >= 15 is 0 Å². The van der Waals surface area contributed by atoms with Crippen molar-refractivity contribution in [1.82, 2.24) is 19.6 Å². The molecule has 0 radical (unpaired) electrons. The molecular formula is C20H31N7S. The van der Waals surface area contributed by atoms with Crippen molar-refractivity contribution in [3.63, 3.8) is 0 Å². The third-order valence-electron chi connectivity index (χ3n) is 4.80. The molecule has 0 bridgehead atoms. The van der Waals surface area contributed by atoms with Crippen molar-refractivity contribution in [2.45, 2.75) is 26.8 Å². The second-order valence-electron chi connectivity index (χ2n) is 7.06. The number of nitrogens with zero attached hydrogens (tertiary/aromatic N) is 6. The minimum atomic E-state index is 0.681. The number of aliphatic imine (C=N–C) groups is 1. The summed E-state index contributed by atoms with van der Waals surface area (Å²) in [6.45, 7) is 9.52. The van der Waals surface area contributed by atoms with Crippen molar-refractivity contribution in [3.8, 4) is 0 Å². The first-order valence-electron chi connectivity index (χ1n) is 9.97. The van der Waals surface area contributed by atoms with Crippen LogP contribution < -0.4 is 15.1 Å². The summed E-state index contributed by atoms with van der Waals surface area (Å²) in [6.07, 6.45) is 0.892. The zero-order valence-electron chi connectivity index (χ0n) is 17.4. The Hall–Kier alpha value is -2.35. The van der Waals surface area contributed by atoms with Gasteiger partial charge in [-0.3, -0.25) is 0 Å². The standard InChI is InChI=1S/C20H31N7S/c1-5-18-23-20(28-24-18)27-12-10-26(11-13-27)19(21-6-2)22-15-16-8-7-9-17(14-16)25(3)4/h7-9,14H,5-6,10-13,15H2,1-4H3,(H,21,22). The van der Waals surface area contributed by atoms with E-state index in [0.717, 1.165) is 56.1 Å². The number of piperazine rings is 1. The highest BCUT2D eigenvalue weighted by atomic mass is 32.1. The SMILES string of the molecule is CCNC(=NCc1cccc(N(C)C)c1)N1CCN(c2nc(CC)ns2)CC1. The zero-order chi connectivity index (χ0) is 19.9. The predicted octanol–water partition coefficient (Wildman–Crippen LogP) is 2.45. The molecule has 0 spiro atoms. The average Bonchev–Trinajstić information content (AvgIpc) is 3.21. The molecule has 1 fully saturated rings. The van der Waals surface area contributed by atoms with E-state index < -0.39 is 0 Å². The first kappa shape index (κ1) is 20.4. The van der Waals surface area contributed by atoms with Gasteiger partial charge in [-0.15, -0.1) is 0 Å². The molecule has 0 atom stereocenters. The second kappa shape index (κ2) is 9.73. The van der Waals surface area contributed by atoms with E-state index in [0.29, 0.717) is 6.54 Å². The van der Waals surface area contributed by atoms with E-state index in [1.807, 2.05) is 0 Å². The maximum atomic E-state index is 4.89. The number of anilines is 2. The van der Waals surface area contributed by atoms with Gasteiger partial charge in [0.05, 0.1) is 6.54 Å². The molecule has 8 heteroatoms. The maximum Gasteiger partial charge on any atom is 0.205 e. The molecule has 1 N–H and O–H groups in total. The Morgan fingerprint density at radius 2 is 2.00 bits per heavy atom. The van der Waals surface area contributed by atoms with Gasteiger partial charge in [-0.1, -0.05) is 19.1 Å². The van der Waals surface area contributed by atoms with Crippen LogP contribution in [0.4, 0.5) is 10.8 Å². The Balaban J connectivity index is 1.62. The highest BCUT2D eigenvalue weighted by Crippen LogP contribution is 2.19. The monoisotopic (exact) mass is 401 g/mol. The molecule has 2 heterocycles. The predicted molar refractivity (Wildman–Crippen MR) is 119 cm³/mol. The molecule has 28 heavy (non-hydrogen) atoms. The summed E-state index contributed by atoms with van der Waals surface area (Å²) in [7, 11) is 4.13. The third kappa shape index (κ3) is 5.13. The van der Waals surface area contributed by atoms with E-state index in [1.54, 1.807) is 0 Å². The van der Waals surface area contributed by atoms with Crippen molar-refractivity contribution in [3.05, 3.63) is 35.7 Å². The second-order valence-corrected chi connectivity index (χ2v) is 7.79. The van der Waals surface area contributed by atoms with Gasteiger partial charge in [0.15, 0.2) is 5.96 Å². The van der Waals surface area contributed by atoms with Crippen molar-refractivity contribution in [2.24, 2.45) is 4.99 Å². The molecule has 0 aliphatic carbocycles. The number of benzene rings is 1. The van der Waals surface area contributed by atoms with Crippen LogP contribution in [0.2, 0.25) is 0 Å². The summed E-state index contributed by atoms with van der Waals surface area (Å²) in [5, 5.41) is 4.49. The molecule has 1 aromatic carbocycles. The van der Waals surface area contributed by atoms with E-state index in [1.165, 1.54) is 22.8 Å². The van der Waals surface area contributed by atoms with Crippen LogP contribution in [0.15, 0.2) is 29.3 Å². The van der Waals surface area contributed by atoms with Crippen molar-refractivity contribution >= 4 is 28.3 Å². The lowest BCUT2D eigenvalue weighted by Crippen LogP contribution is -2.52. The summed E-state index contributed by atoms with van der Waals surface area (Å²) in [5.41, 5.74) is 2.43. The summed E-state index contributed by atoms with van der Waals surface area (Å²) in [6, 6.07) is 8.55. The normalized spacial score (nSPS) is 15.1. The van der Waals surface area contributed by atoms with Crippen LogP contribution in [0.25, 0.3) is 0 Å². The quantitative estimate of drug-likeness (QED) is 0.593. The van der Waals surface area contributed by atoms with Crippen molar-refractivity contribution in [2.75, 3.05) is 56.6 Å². The van der Waals surface area contributed by atoms with Crippen LogP contribution >= 0.6 is 11.5 Å². The summed E-state index contributed by atoms with van der Waals surface area (Å²) >= 11 is 1.51. The molecule has 3 rings (SSSR count). The third-order valence-corrected chi connectivity index (χ3v) is 5.61. The first-order chi connectivity index (χ1) is 13.6. The van der Waals surface area contributed by atoms with Gasteiger partial charge in [-0.05, 0) is 24.6 Å². The highest BCUT2D eigenvalue weighted by Gasteiger charge is 2.22. The fraction of sp³-hybridized carbons (Fsp3) is 0.550. The summed E-state index contributed by atoms with van der Waals surface area (Å²) in [5.74, 6) is 1.93. The number of nitrogens with one attached hydrogen (secondary N) is 1. The molecular weight excluding hydrogens is 370 g/mol. The first-order valence-corrected chi connectivity index (χ1v) is 10.7. The van der Waals surface area contributed by atoms with Crippen LogP contribution in [0.3, 0.4) is 0 Å². The highest BCUT2D eigenvalue weighted by molar-refractivity contribution is 7.09. The molecule has 1 saturated heterocycles. The molecule has 0 amide bonds. The molecule has 2 aromatic rings. The molecule has 1 aromatic heterocycles. The zero-order valence-corrected chi connectivity index (χ0v) is 18.2. The molecule has 152 valence electrons. The van der Waals surface area contributed by atoms with E-state index in [9.17, 15) is 0 Å². The lowest BCUT2D eigenvalue weighted by atomic mass is 10.2. The topological polar surface area (TPSA) is 59.9 Å². The van der Waals surface area contributed by atoms with Crippen LogP contribution in [0.1, 0.15) is 25.2 Å².